The maximum absolute atomic E-state index is 11.8. The first-order valence-corrected chi connectivity index (χ1v) is 6.33. The summed E-state index contributed by atoms with van der Waals surface area (Å²) in [6.45, 7) is 0. The normalized spacial score (nSPS) is 10.5. The molecule has 0 radical (unpaired) electrons. The molecule has 0 aliphatic heterocycles. The number of amides is 1. The molecule has 0 aliphatic rings. The number of nitrogens with one attached hydrogen (secondary N) is 1. The molecule has 1 aromatic carbocycles. The van der Waals surface area contributed by atoms with E-state index >= 15 is 0 Å². The van der Waals surface area contributed by atoms with Crippen LogP contribution in [0.1, 0.15) is 11.1 Å². The lowest BCUT2D eigenvalue weighted by Gasteiger charge is -2.04. The first kappa shape index (κ1) is 14.5. The molecule has 21 heavy (non-hydrogen) atoms. The molecular formula is C16H14N2O3. The van der Waals surface area contributed by atoms with Crippen molar-refractivity contribution in [3.05, 3.63) is 66.0 Å². The molecular weight excluding hydrogens is 268 g/mol. The third-order valence-corrected chi connectivity index (χ3v) is 2.66. The molecule has 5 heteroatoms. The van der Waals surface area contributed by atoms with Crippen molar-refractivity contribution in [1.29, 1.82) is 0 Å². The second-order valence-electron chi connectivity index (χ2n) is 4.38. The summed E-state index contributed by atoms with van der Waals surface area (Å²) in [6, 6.07) is 10.4. The number of hydrogen-bond acceptors (Lipinski definition) is 3. The van der Waals surface area contributed by atoms with Gasteiger partial charge in [-0.05, 0) is 35.4 Å². The summed E-state index contributed by atoms with van der Waals surface area (Å²) in [5.41, 5.74) is 2.03. The number of carbonyl (C=O) groups is 2. The predicted octanol–water partition coefficient (Wildman–Crippen LogP) is 2.36. The van der Waals surface area contributed by atoms with Crippen LogP contribution in [-0.4, -0.2) is 22.0 Å². The molecule has 2 rings (SSSR count). The molecule has 1 amide bonds. The molecule has 0 aliphatic carbocycles. The van der Waals surface area contributed by atoms with E-state index < -0.39 is 5.97 Å². The number of carboxylic acids is 1. The fraction of sp³-hybridized carbons (Fsp3) is 0.0625. The van der Waals surface area contributed by atoms with Crippen molar-refractivity contribution in [2.24, 2.45) is 0 Å². The van der Waals surface area contributed by atoms with Crippen LogP contribution in [0.5, 0.6) is 0 Å². The van der Waals surface area contributed by atoms with Crippen molar-refractivity contribution in [2.75, 3.05) is 5.32 Å². The number of hydrogen-bond donors (Lipinski definition) is 2. The van der Waals surface area contributed by atoms with Gasteiger partial charge in [-0.25, -0.2) is 0 Å². The maximum Gasteiger partial charge on any atom is 0.307 e. The summed E-state index contributed by atoms with van der Waals surface area (Å²) in [7, 11) is 0. The molecule has 5 nitrogen and oxygen atoms in total. The van der Waals surface area contributed by atoms with Gasteiger partial charge < -0.3 is 10.4 Å². The highest BCUT2D eigenvalue weighted by Crippen LogP contribution is 2.11. The van der Waals surface area contributed by atoms with Crippen molar-refractivity contribution >= 4 is 23.6 Å². The zero-order valence-electron chi connectivity index (χ0n) is 11.2. The van der Waals surface area contributed by atoms with Crippen molar-refractivity contribution in [2.45, 2.75) is 6.42 Å². The van der Waals surface area contributed by atoms with E-state index in [0.717, 1.165) is 5.56 Å². The second-order valence-corrected chi connectivity index (χ2v) is 4.38. The highest BCUT2D eigenvalue weighted by atomic mass is 16.4. The quantitative estimate of drug-likeness (QED) is 0.825. The standard InChI is InChI=1S/C16H14N2O3/c19-15(7-6-12-4-2-8-17-11-12)18-14-5-1-3-13(9-14)10-16(20)21/h1-9,11H,10H2,(H,18,19)(H,20,21). The number of rotatable bonds is 5. The van der Waals surface area contributed by atoms with E-state index in [2.05, 4.69) is 10.3 Å². The summed E-state index contributed by atoms with van der Waals surface area (Å²) in [6.07, 6.45) is 6.29. The number of nitrogens with zero attached hydrogens (tertiary/aromatic N) is 1. The minimum atomic E-state index is -0.907. The zero-order chi connectivity index (χ0) is 15.1. The van der Waals surface area contributed by atoms with Gasteiger partial charge in [-0.2, -0.15) is 0 Å². The van der Waals surface area contributed by atoms with Crippen LogP contribution in [0.2, 0.25) is 0 Å². The van der Waals surface area contributed by atoms with E-state index in [1.807, 2.05) is 6.07 Å². The van der Waals surface area contributed by atoms with Gasteiger partial charge in [0.1, 0.15) is 0 Å². The van der Waals surface area contributed by atoms with Gasteiger partial charge in [-0.1, -0.05) is 18.2 Å². The van der Waals surface area contributed by atoms with Crippen LogP contribution in [0, 0.1) is 0 Å². The largest absolute Gasteiger partial charge is 0.481 e. The molecule has 106 valence electrons. The Labute approximate surface area is 122 Å². The average Bonchev–Trinajstić information content (AvgIpc) is 2.46. The van der Waals surface area contributed by atoms with E-state index in [-0.39, 0.29) is 12.3 Å². The van der Waals surface area contributed by atoms with Gasteiger partial charge in [-0.3, -0.25) is 14.6 Å². The van der Waals surface area contributed by atoms with E-state index in [9.17, 15) is 9.59 Å². The average molecular weight is 282 g/mol. The molecule has 0 saturated carbocycles. The van der Waals surface area contributed by atoms with Crippen LogP contribution in [0.3, 0.4) is 0 Å². The fourth-order valence-electron chi connectivity index (χ4n) is 1.76. The lowest BCUT2D eigenvalue weighted by Crippen LogP contribution is -2.08. The predicted molar refractivity (Wildman–Crippen MR) is 79.7 cm³/mol. The number of anilines is 1. The summed E-state index contributed by atoms with van der Waals surface area (Å²) in [5.74, 6) is -1.19. The Morgan fingerprint density at radius 1 is 1.24 bits per heavy atom. The Balaban J connectivity index is 1.99. The molecule has 0 saturated heterocycles. The maximum atomic E-state index is 11.8. The molecule has 1 aromatic heterocycles. The number of carboxylic acid groups (broad SMARTS) is 1. The molecule has 0 unspecified atom stereocenters. The molecule has 0 bridgehead atoms. The molecule has 1 heterocycles. The van der Waals surface area contributed by atoms with E-state index in [4.69, 9.17) is 5.11 Å². The summed E-state index contributed by atoms with van der Waals surface area (Å²) in [4.78, 5) is 26.4. The van der Waals surface area contributed by atoms with Crippen LogP contribution in [-0.2, 0) is 16.0 Å². The highest BCUT2D eigenvalue weighted by Gasteiger charge is 2.03. The third-order valence-electron chi connectivity index (χ3n) is 2.66. The van der Waals surface area contributed by atoms with Crippen molar-refractivity contribution in [3.8, 4) is 0 Å². The molecule has 2 N–H and O–H groups in total. The summed E-state index contributed by atoms with van der Waals surface area (Å²) in [5, 5.41) is 11.4. The van der Waals surface area contributed by atoms with Gasteiger partial charge in [0.2, 0.25) is 5.91 Å². The minimum Gasteiger partial charge on any atom is -0.481 e. The SMILES string of the molecule is O=C(O)Cc1cccc(NC(=O)C=Cc2cccnc2)c1. The fourth-order valence-corrected chi connectivity index (χ4v) is 1.76. The number of benzene rings is 1. The molecule has 2 aromatic rings. The van der Waals surface area contributed by atoms with E-state index in [0.29, 0.717) is 11.3 Å². The van der Waals surface area contributed by atoms with Gasteiger partial charge >= 0.3 is 5.97 Å². The van der Waals surface area contributed by atoms with Crippen molar-refractivity contribution in [3.63, 3.8) is 0 Å². The third kappa shape index (κ3) is 4.91. The Bertz CT molecular complexity index is 666. The van der Waals surface area contributed by atoms with Crippen molar-refractivity contribution in [1.82, 2.24) is 4.98 Å². The van der Waals surface area contributed by atoms with Gasteiger partial charge in [-0.15, -0.1) is 0 Å². The first-order valence-electron chi connectivity index (χ1n) is 6.33. The number of pyridine rings is 1. The number of carbonyl (C=O) groups excluding carboxylic acids is 1. The minimum absolute atomic E-state index is 0.0742. The first-order chi connectivity index (χ1) is 10.1. The Morgan fingerprint density at radius 3 is 2.81 bits per heavy atom. The monoisotopic (exact) mass is 282 g/mol. The van der Waals surface area contributed by atoms with Gasteiger partial charge in [0.15, 0.2) is 0 Å². The molecule has 0 fully saturated rings. The molecule has 0 spiro atoms. The Hall–Kier alpha value is -2.95. The van der Waals surface area contributed by atoms with Gasteiger partial charge in [0.05, 0.1) is 6.42 Å². The Morgan fingerprint density at radius 2 is 2.10 bits per heavy atom. The smallest absolute Gasteiger partial charge is 0.307 e. The lowest BCUT2D eigenvalue weighted by molar-refractivity contribution is -0.136. The lowest BCUT2D eigenvalue weighted by atomic mass is 10.1. The Kier molecular flexibility index (Phi) is 4.82. The number of aromatic nitrogens is 1. The van der Waals surface area contributed by atoms with Crippen LogP contribution < -0.4 is 5.32 Å². The second kappa shape index (κ2) is 7.00. The van der Waals surface area contributed by atoms with E-state index in [1.165, 1.54) is 6.08 Å². The van der Waals surface area contributed by atoms with Crippen LogP contribution >= 0.6 is 0 Å². The summed E-state index contributed by atoms with van der Waals surface area (Å²) >= 11 is 0. The number of aliphatic carboxylic acids is 1. The van der Waals surface area contributed by atoms with Crippen LogP contribution in [0.15, 0.2) is 54.9 Å². The van der Waals surface area contributed by atoms with Crippen molar-refractivity contribution < 1.29 is 14.7 Å². The van der Waals surface area contributed by atoms with Gasteiger partial charge in [0.25, 0.3) is 0 Å². The van der Waals surface area contributed by atoms with Crippen LogP contribution in [0.4, 0.5) is 5.69 Å². The zero-order valence-corrected chi connectivity index (χ0v) is 11.2. The van der Waals surface area contributed by atoms with E-state index in [1.54, 1.807) is 48.8 Å². The summed E-state index contributed by atoms with van der Waals surface area (Å²) < 4.78 is 0. The van der Waals surface area contributed by atoms with Crippen LogP contribution in [0.25, 0.3) is 6.08 Å². The van der Waals surface area contributed by atoms with Gasteiger partial charge in [0, 0.05) is 24.2 Å². The molecule has 0 atom stereocenters. The topological polar surface area (TPSA) is 79.3 Å². The highest BCUT2D eigenvalue weighted by molar-refractivity contribution is 6.01.